The number of thiophene rings is 1. The second-order valence-corrected chi connectivity index (χ2v) is 7.60. The number of halogens is 1. The van der Waals surface area contributed by atoms with E-state index >= 15 is 0 Å². The first-order valence-corrected chi connectivity index (χ1v) is 8.26. The maximum atomic E-state index is 5.93. The van der Waals surface area contributed by atoms with Crippen molar-refractivity contribution in [1.29, 1.82) is 0 Å². The molecule has 0 spiro atoms. The molecule has 0 N–H and O–H groups in total. The van der Waals surface area contributed by atoms with Crippen molar-refractivity contribution in [3.63, 3.8) is 0 Å². The normalized spacial score (nSPS) is 17.9. The second kappa shape index (κ2) is 4.64. The zero-order valence-corrected chi connectivity index (χ0v) is 13.8. The van der Waals surface area contributed by atoms with Crippen molar-refractivity contribution in [2.24, 2.45) is 0 Å². The third kappa shape index (κ3) is 2.46. The molecule has 1 atom stereocenters. The predicted octanol–water partition coefficient (Wildman–Crippen LogP) is 5.25. The molecule has 1 aliphatic rings. The molecule has 1 unspecified atom stereocenters. The lowest BCUT2D eigenvalue weighted by molar-refractivity contribution is 0.138. The van der Waals surface area contributed by atoms with Crippen LogP contribution < -0.4 is 4.74 Å². The Morgan fingerprint density at radius 1 is 1.32 bits per heavy atom. The second-order valence-electron chi connectivity index (χ2n) is 5.74. The van der Waals surface area contributed by atoms with Crippen LogP contribution in [0.15, 0.2) is 29.6 Å². The molecule has 0 amide bonds. The Hall–Kier alpha value is -0.800. The molecule has 0 radical (unpaired) electrons. The Balaban J connectivity index is 1.94. The summed E-state index contributed by atoms with van der Waals surface area (Å²) in [5.74, 6) is 1.04. The van der Waals surface area contributed by atoms with Crippen LogP contribution in [0.1, 0.15) is 40.2 Å². The van der Waals surface area contributed by atoms with E-state index in [1.54, 1.807) is 0 Å². The number of aryl methyl sites for hydroxylation is 1. The largest absolute Gasteiger partial charge is 0.487 e. The van der Waals surface area contributed by atoms with Gasteiger partial charge in [-0.25, -0.2) is 0 Å². The van der Waals surface area contributed by atoms with E-state index in [1.165, 1.54) is 21.6 Å². The lowest BCUT2D eigenvalue weighted by Crippen LogP contribution is -2.24. The predicted molar refractivity (Wildman–Crippen MR) is 84.7 cm³/mol. The molecule has 1 nitrogen and oxygen atoms in total. The van der Waals surface area contributed by atoms with E-state index < -0.39 is 0 Å². The molecular formula is C16H17BrOS. The highest BCUT2D eigenvalue weighted by Gasteiger charge is 2.30. The molecule has 3 heteroatoms. The standard InChI is InChI=1S/C16H17BrOS/c1-10-6-7-19-15(10)14(17)11-4-5-13-12(8-11)9-16(2,3)18-13/h4-8,14H,9H2,1-3H3. The Bertz CT molecular complexity index is 615. The van der Waals surface area contributed by atoms with Crippen LogP contribution in [-0.2, 0) is 6.42 Å². The zero-order chi connectivity index (χ0) is 13.6. The first-order valence-electron chi connectivity index (χ1n) is 6.46. The summed E-state index contributed by atoms with van der Waals surface area (Å²) in [6, 6.07) is 8.73. The molecular weight excluding hydrogens is 320 g/mol. The van der Waals surface area contributed by atoms with Gasteiger partial charge in [0.05, 0.1) is 4.83 Å². The van der Waals surface area contributed by atoms with Crippen molar-refractivity contribution in [1.82, 2.24) is 0 Å². The molecule has 0 fully saturated rings. The highest BCUT2D eigenvalue weighted by molar-refractivity contribution is 9.09. The number of ether oxygens (including phenoxy) is 1. The topological polar surface area (TPSA) is 9.23 Å². The van der Waals surface area contributed by atoms with Gasteiger partial charge in [0, 0.05) is 11.3 Å². The van der Waals surface area contributed by atoms with Crippen LogP contribution in [0.3, 0.4) is 0 Å². The van der Waals surface area contributed by atoms with Gasteiger partial charge in [-0.2, -0.15) is 0 Å². The van der Waals surface area contributed by atoms with Gasteiger partial charge in [0.15, 0.2) is 0 Å². The van der Waals surface area contributed by atoms with Crippen LogP contribution in [0.4, 0.5) is 0 Å². The monoisotopic (exact) mass is 336 g/mol. The summed E-state index contributed by atoms with van der Waals surface area (Å²) in [5.41, 5.74) is 3.91. The highest BCUT2D eigenvalue weighted by Crippen LogP contribution is 2.41. The van der Waals surface area contributed by atoms with E-state index in [0.717, 1.165) is 12.2 Å². The number of fused-ring (bicyclic) bond motifs is 1. The molecule has 0 aliphatic carbocycles. The fraction of sp³-hybridized carbons (Fsp3) is 0.375. The molecule has 2 heterocycles. The van der Waals surface area contributed by atoms with Crippen molar-refractivity contribution in [2.45, 2.75) is 37.6 Å². The van der Waals surface area contributed by atoms with Gasteiger partial charge in [-0.15, -0.1) is 11.3 Å². The summed E-state index contributed by atoms with van der Waals surface area (Å²) in [6.07, 6.45) is 0.985. The molecule has 100 valence electrons. The Kier molecular flexibility index (Phi) is 3.22. The van der Waals surface area contributed by atoms with E-state index in [1.807, 2.05) is 11.3 Å². The van der Waals surface area contributed by atoms with Crippen molar-refractivity contribution in [2.75, 3.05) is 0 Å². The van der Waals surface area contributed by atoms with Gasteiger partial charge in [0.1, 0.15) is 11.4 Å². The smallest absolute Gasteiger partial charge is 0.123 e. The number of benzene rings is 1. The quantitative estimate of drug-likeness (QED) is 0.680. The summed E-state index contributed by atoms with van der Waals surface area (Å²) in [5, 5.41) is 2.15. The summed E-state index contributed by atoms with van der Waals surface area (Å²) in [4.78, 5) is 1.67. The first kappa shape index (κ1) is 13.2. The van der Waals surface area contributed by atoms with E-state index in [9.17, 15) is 0 Å². The lowest BCUT2D eigenvalue weighted by atomic mass is 9.99. The van der Waals surface area contributed by atoms with Crippen molar-refractivity contribution in [3.8, 4) is 5.75 Å². The average molecular weight is 337 g/mol. The van der Waals surface area contributed by atoms with E-state index in [0.29, 0.717) is 0 Å². The van der Waals surface area contributed by atoms with Crippen molar-refractivity contribution >= 4 is 27.3 Å². The van der Waals surface area contributed by atoms with E-state index in [-0.39, 0.29) is 10.4 Å². The molecule has 1 aliphatic heterocycles. The van der Waals surface area contributed by atoms with Gasteiger partial charge in [-0.3, -0.25) is 0 Å². The molecule has 1 aromatic heterocycles. The first-order chi connectivity index (χ1) is 8.96. The molecule has 1 aromatic carbocycles. The van der Waals surface area contributed by atoms with Crippen LogP contribution in [0.25, 0.3) is 0 Å². The molecule has 2 aromatic rings. The Morgan fingerprint density at radius 3 is 2.79 bits per heavy atom. The van der Waals surface area contributed by atoms with Gasteiger partial charge in [-0.1, -0.05) is 28.1 Å². The fourth-order valence-corrected chi connectivity index (χ4v) is 4.48. The fourth-order valence-electron chi connectivity index (χ4n) is 2.58. The minimum absolute atomic E-state index is 0.0678. The summed E-state index contributed by atoms with van der Waals surface area (Å²) in [7, 11) is 0. The van der Waals surface area contributed by atoms with Crippen LogP contribution in [0, 0.1) is 6.92 Å². The maximum absolute atomic E-state index is 5.93. The Morgan fingerprint density at radius 2 is 2.11 bits per heavy atom. The lowest BCUT2D eigenvalue weighted by Gasteiger charge is -2.16. The molecule has 3 rings (SSSR count). The zero-order valence-electron chi connectivity index (χ0n) is 11.4. The summed E-state index contributed by atoms with van der Waals surface area (Å²) >= 11 is 5.64. The minimum atomic E-state index is -0.0678. The van der Waals surface area contributed by atoms with Gasteiger partial charge in [0.2, 0.25) is 0 Å². The average Bonchev–Trinajstić information content (AvgIpc) is 2.88. The SMILES string of the molecule is Cc1ccsc1C(Br)c1ccc2c(c1)CC(C)(C)O2. The summed E-state index contributed by atoms with van der Waals surface area (Å²) < 4.78 is 5.93. The summed E-state index contributed by atoms with van der Waals surface area (Å²) in [6.45, 7) is 6.45. The van der Waals surface area contributed by atoms with E-state index in [4.69, 9.17) is 4.74 Å². The minimum Gasteiger partial charge on any atom is -0.487 e. The Labute approximate surface area is 126 Å². The van der Waals surface area contributed by atoms with Gasteiger partial charge >= 0.3 is 0 Å². The van der Waals surface area contributed by atoms with Crippen LogP contribution in [-0.4, -0.2) is 5.60 Å². The van der Waals surface area contributed by atoms with Crippen LogP contribution in [0.5, 0.6) is 5.75 Å². The molecule has 19 heavy (non-hydrogen) atoms. The number of hydrogen-bond donors (Lipinski definition) is 0. The van der Waals surface area contributed by atoms with Crippen molar-refractivity contribution < 1.29 is 4.74 Å². The number of hydrogen-bond acceptors (Lipinski definition) is 2. The van der Waals surface area contributed by atoms with E-state index in [2.05, 4.69) is 66.3 Å². The van der Waals surface area contributed by atoms with Gasteiger partial charge in [0.25, 0.3) is 0 Å². The maximum Gasteiger partial charge on any atom is 0.123 e. The third-order valence-corrected chi connectivity index (χ3v) is 5.88. The third-order valence-electron chi connectivity index (χ3n) is 3.51. The van der Waals surface area contributed by atoms with Crippen molar-refractivity contribution in [3.05, 3.63) is 51.2 Å². The molecule has 0 bridgehead atoms. The van der Waals surface area contributed by atoms with Gasteiger partial charge in [-0.05, 0) is 55.0 Å². The molecule has 0 saturated carbocycles. The van der Waals surface area contributed by atoms with Gasteiger partial charge < -0.3 is 4.74 Å². The highest BCUT2D eigenvalue weighted by atomic mass is 79.9. The number of alkyl halides is 1. The van der Waals surface area contributed by atoms with Crippen LogP contribution >= 0.6 is 27.3 Å². The van der Waals surface area contributed by atoms with Crippen LogP contribution in [0.2, 0.25) is 0 Å². The molecule has 0 saturated heterocycles. The number of rotatable bonds is 2.